The molecule has 0 saturated heterocycles. The molecule has 0 aliphatic carbocycles. The number of carboxylic acids is 1. The van der Waals surface area contributed by atoms with Gasteiger partial charge in [-0.05, 0) is 18.1 Å². The second kappa shape index (κ2) is 6.87. The molecule has 1 rings (SSSR count). The smallest absolute Gasteiger partial charge is 0.402 e. The summed E-state index contributed by atoms with van der Waals surface area (Å²) in [4.78, 5) is 10.9. The van der Waals surface area contributed by atoms with Gasteiger partial charge in [0, 0.05) is 6.54 Å². The van der Waals surface area contributed by atoms with Crippen LogP contribution in [0.3, 0.4) is 0 Å². The van der Waals surface area contributed by atoms with Gasteiger partial charge in [0.1, 0.15) is 6.54 Å². The number of carboxylic acid groups (broad SMARTS) is 1. The van der Waals surface area contributed by atoms with Crippen LogP contribution in [-0.2, 0) is 16.6 Å². The molecular formula is C11H13F3N2O4S. The second-order valence-corrected chi connectivity index (χ2v) is 5.63. The minimum Gasteiger partial charge on any atom is -0.478 e. The van der Waals surface area contributed by atoms with Crippen molar-refractivity contribution in [2.45, 2.75) is 12.6 Å². The van der Waals surface area contributed by atoms with Crippen LogP contribution in [0.1, 0.15) is 15.9 Å². The van der Waals surface area contributed by atoms with Crippen molar-refractivity contribution in [3.05, 3.63) is 35.4 Å². The van der Waals surface area contributed by atoms with Crippen LogP contribution < -0.4 is 9.44 Å². The van der Waals surface area contributed by atoms with E-state index < -0.39 is 28.9 Å². The van der Waals surface area contributed by atoms with Crippen molar-refractivity contribution in [2.75, 3.05) is 13.1 Å². The van der Waals surface area contributed by atoms with E-state index in [0.29, 0.717) is 5.56 Å². The third-order valence-electron chi connectivity index (χ3n) is 2.40. The summed E-state index contributed by atoms with van der Waals surface area (Å²) in [5, 5.41) is 8.92. The quantitative estimate of drug-likeness (QED) is 0.694. The van der Waals surface area contributed by atoms with Crippen LogP contribution in [0.25, 0.3) is 0 Å². The maximum atomic E-state index is 11.9. The van der Waals surface area contributed by atoms with Gasteiger partial charge in [0.25, 0.3) is 10.2 Å². The zero-order valence-electron chi connectivity index (χ0n) is 10.6. The first-order valence-corrected chi connectivity index (χ1v) is 7.21. The van der Waals surface area contributed by atoms with Gasteiger partial charge in [-0.1, -0.05) is 18.2 Å². The van der Waals surface area contributed by atoms with Crippen LogP contribution in [0.15, 0.2) is 24.3 Å². The first-order chi connectivity index (χ1) is 9.61. The standard InChI is InChI=1S/C11H13F3N2O4S/c12-11(13,14)7-16-21(19,20)15-6-5-8-3-1-2-4-9(8)10(17)18/h1-4,15-16H,5-7H2,(H,17,18). The van der Waals surface area contributed by atoms with E-state index in [0.717, 1.165) is 0 Å². The predicted molar refractivity (Wildman–Crippen MR) is 68.1 cm³/mol. The maximum Gasteiger partial charge on any atom is 0.402 e. The number of rotatable bonds is 7. The molecule has 10 heteroatoms. The number of aromatic carboxylic acids is 1. The highest BCUT2D eigenvalue weighted by molar-refractivity contribution is 7.87. The average Bonchev–Trinajstić information content (AvgIpc) is 2.36. The zero-order chi connectivity index (χ0) is 16.1. The summed E-state index contributed by atoms with van der Waals surface area (Å²) >= 11 is 0. The van der Waals surface area contributed by atoms with Crippen LogP contribution in [0.4, 0.5) is 13.2 Å². The molecule has 0 spiro atoms. The molecule has 0 aliphatic heterocycles. The molecule has 1 aromatic carbocycles. The minimum atomic E-state index is -4.65. The van der Waals surface area contributed by atoms with Crippen LogP contribution in [0.5, 0.6) is 0 Å². The van der Waals surface area contributed by atoms with Crippen molar-refractivity contribution in [2.24, 2.45) is 0 Å². The third kappa shape index (κ3) is 6.56. The zero-order valence-corrected chi connectivity index (χ0v) is 11.5. The average molecular weight is 326 g/mol. The first kappa shape index (κ1) is 17.4. The molecule has 0 fully saturated rings. The summed E-state index contributed by atoms with van der Waals surface area (Å²) < 4.78 is 61.4. The number of hydrogen-bond donors (Lipinski definition) is 3. The van der Waals surface area contributed by atoms with Crippen LogP contribution >= 0.6 is 0 Å². The fourth-order valence-electron chi connectivity index (χ4n) is 1.49. The molecule has 0 saturated carbocycles. The summed E-state index contributed by atoms with van der Waals surface area (Å²) in [6, 6.07) is 5.95. The van der Waals surface area contributed by atoms with Gasteiger partial charge in [-0.2, -0.15) is 26.3 Å². The molecule has 0 unspecified atom stereocenters. The highest BCUT2D eigenvalue weighted by Crippen LogP contribution is 2.12. The Bertz CT molecular complexity index is 602. The van der Waals surface area contributed by atoms with Gasteiger partial charge < -0.3 is 5.11 Å². The second-order valence-electron chi connectivity index (χ2n) is 4.05. The summed E-state index contributed by atoms with van der Waals surface area (Å²) in [7, 11) is -4.29. The number of carbonyl (C=O) groups is 1. The van der Waals surface area contributed by atoms with E-state index in [9.17, 15) is 26.4 Å². The van der Waals surface area contributed by atoms with E-state index in [2.05, 4.69) is 0 Å². The van der Waals surface area contributed by atoms with Gasteiger partial charge in [-0.25, -0.2) is 9.52 Å². The van der Waals surface area contributed by atoms with E-state index >= 15 is 0 Å². The van der Waals surface area contributed by atoms with Crippen LogP contribution in [-0.4, -0.2) is 38.8 Å². The molecule has 1 aromatic rings. The lowest BCUT2D eigenvalue weighted by Gasteiger charge is -2.11. The Kier molecular flexibility index (Phi) is 5.70. The van der Waals surface area contributed by atoms with Crippen molar-refractivity contribution in [1.29, 1.82) is 0 Å². The van der Waals surface area contributed by atoms with Gasteiger partial charge in [0.15, 0.2) is 0 Å². The number of benzene rings is 1. The summed E-state index contributed by atoms with van der Waals surface area (Å²) in [5.74, 6) is -1.16. The van der Waals surface area contributed by atoms with E-state index in [1.807, 2.05) is 4.72 Å². The molecule has 6 nitrogen and oxygen atoms in total. The van der Waals surface area contributed by atoms with Crippen molar-refractivity contribution in [3.8, 4) is 0 Å². The molecule has 0 aromatic heterocycles. The lowest BCUT2D eigenvalue weighted by atomic mass is 10.1. The molecule has 0 bridgehead atoms. The SMILES string of the molecule is O=C(O)c1ccccc1CCNS(=O)(=O)NCC(F)(F)F. The summed E-state index contributed by atoms with van der Waals surface area (Å²) in [6.45, 7) is -1.90. The molecular weight excluding hydrogens is 313 g/mol. The summed E-state index contributed by atoms with van der Waals surface area (Å²) in [6.07, 6.45) is -4.61. The molecule has 0 radical (unpaired) electrons. The number of alkyl halides is 3. The fraction of sp³-hybridized carbons (Fsp3) is 0.364. The van der Waals surface area contributed by atoms with E-state index in [1.165, 1.54) is 22.9 Å². The third-order valence-corrected chi connectivity index (χ3v) is 3.51. The van der Waals surface area contributed by atoms with Gasteiger partial charge in [-0.3, -0.25) is 0 Å². The van der Waals surface area contributed by atoms with Crippen molar-refractivity contribution >= 4 is 16.2 Å². The Balaban J connectivity index is 2.56. The predicted octanol–water partition coefficient (Wildman–Crippen LogP) is 0.914. The van der Waals surface area contributed by atoms with E-state index in [-0.39, 0.29) is 18.5 Å². The topological polar surface area (TPSA) is 95.5 Å². The lowest BCUT2D eigenvalue weighted by Crippen LogP contribution is -2.42. The molecule has 0 amide bonds. The van der Waals surface area contributed by atoms with Crippen molar-refractivity contribution in [3.63, 3.8) is 0 Å². The summed E-state index contributed by atoms with van der Waals surface area (Å²) in [5.41, 5.74) is 0.392. The Morgan fingerprint density at radius 2 is 1.81 bits per heavy atom. The Morgan fingerprint density at radius 3 is 2.38 bits per heavy atom. The monoisotopic (exact) mass is 326 g/mol. The number of halogens is 3. The fourth-order valence-corrected chi connectivity index (χ4v) is 2.32. The highest BCUT2D eigenvalue weighted by Gasteiger charge is 2.29. The normalized spacial score (nSPS) is 12.3. The Morgan fingerprint density at radius 1 is 1.19 bits per heavy atom. The van der Waals surface area contributed by atoms with Crippen LogP contribution in [0, 0.1) is 0 Å². The Hall–Kier alpha value is -1.65. The van der Waals surface area contributed by atoms with Gasteiger partial charge in [0.2, 0.25) is 0 Å². The number of nitrogens with one attached hydrogen (secondary N) is 2. The van der Waals surface area contributed by atoms with Gasteiger partial charge in [0.05, 0.1) is 5.56 Å². The van der Waals surface area contributed by atoms with Crippen molar-refractivity contribution in [1.82, 2.24) is 9.44 Å². The molecule has 118 valence electrons. The number of hydrogen-bond acceptors (Lipinski definition) is 3. The minimum absolute atomic E-state index is 0.0138. The van der Waals surface area contributed by atoms with Gasteiger partial charge >= 0.3 is 12.1 Å². The highest BCUT2D eigenvalue weighted by atomic mass is 32.2. The first-order valence-electron chi connectivity index (χ1n) is 5.73. The molecule has 0 atom stereocenters. The van der Waals surface area contributed by atoms with E-state index in [4.69, 9.17) is 5.11 Å². The molecule has 21 heavy (non-hydrogen) atoms. The van der Waals surface area contributed by atoms with Crippen LogP contribution in [0.2, 0.25) is 0 Å². The largest absolute Gasteiger partial charge is 0.478 e. The lowest BCUT2D eigenvalue weighted by molar-refractivity contribution is -0.121. The van der Waals surface area contributed by atoms with E-state index in [1.54, 1.807) is 6.07 Å². The maximum absolute atomic E-state index is 11.9. The molecule has 3 N–H and O–H groups in total. The molecule has 0 aliphatic rings. The van der Waals surface area contributed by atoms with Gasteiger partial charge in [-0.15, -0.1) is 0 Å². The molecule has 0 heterocycles. The Labute approximate surface area is 119 Å². The van der Waals surface area contributed by atoms with Crippen molar-refractivity contribution < 1.29 is 31.5 Å².